The summed E-state index contributed by atoms with van der Waals surface area (Å²) in [4.78, 5) is 37.2. The average Bonchev–Trinajstić information content (AvgIpc) is 2.64. The number of halogens is 1. The molecule has 0 bridgehead atoms. The van der Waals surface area contributed by atoms with E-state index in [0.29, 0.717) is 21.0 Å². The molecule has 2 aliphatic rings. The molecule has 8 nitrogen and oxygen atoms in total. The Morgan fingerprint density at radius 2 is 1.83 bits per heavy atom. The van der Waals surface area contributed by atoms with Crippen molar-refractivity contribution in [2.24, 2.45) is 11.7 Å². The van der Waals surface area contributed by atoms with Crippen LogP contribution in [0.4, 0.5) is 0 Å². The van der Waals surface area contributed by atoms with Crippen LogP contribution in [0.25, 0.3) is 10.8 Å². The lowest BCUT2D eigenvalue weighted by Gasteiger charge is -2.42. The van der Waals surface area contributed by atoms with Crippen LogP contribution in [0.15, 0.2) is 27.9 Å². The molecular formula is C20H16BrNO7. The smallest absolute Gasteiger partial charge is 0.255 e. The van der Waals surface area contributed by atoms with Crippen molar-refractivity contribution in [1.29, 1.82) is 0 Å². The predicted molar refractivity (Wildman–Crippen MR) is 105 cm³/mol. The van der Waals surface area contributed by atoms with Crippen LogP contribution in [0.1, 0.15) is 27.9 Å². The van der Waals surface area contributed by atoms with E-state index in [9.17, 15) is 34.8 Å². The number of ketones is 2. The van der Waals surface area contributed by atoms with Crippen LogP contribution in [0.2, 0.25) is 0 Å². The Balaban J connectivity index is 2.08. The lowest BCUT2D eigenvalue weighted by molar-refractivity contribution is -0.125. The number of benzene rings is 2. The maximum Gasteiger partial charge on any atom is 0.255 e. The molecule has 2 aromatic rings. The van der Waals surface area contributed by atoms with Crippen molar-refractivity contribution in [3.8, 4) is 11.5 Å². The summed E-state index contributed by atoms with van der Waals surface area (Å²) in [7, 11) is 0. The maximum absolute atomic E-state index is 13.3. The molecule has 6 N–H and O–H groups in total. The van der Waals surface area contributed by atoms with E-state index in [0.717, 1.165) is 0 Å². The fourth-order valence-corrected chi connectivity index (χ4v) is 4.76. The van der Waals surface area contributed by atoms with Crippen molar-refractivity contribution in [1.82, 2.24) is 0 Å². The number of Topliss-reactive ketones (excluding diaryl/α,β-unsaturated/α-hetero) is 2. The topological polar surface area (TPSA) is 158 Å². The number of phenolic OH excluding ortho intramolecular Hbond substituents is 2. The summed E-state index contributed by atoms with van der Waals surface area (Å²) in [5, 5.41) is 43.4. The monoisotopic (exact) mass is 461 g/mol. The number of nitrogens with two attached hydrogens (primary N) is 1. The maximum atomic E-state index is 13.3. The highest BCUT2D eigenvalue weighted by atomic mass is 79.9. The molecule has 0 fully saturated rings. The van der Waals surface area contributed by atoms with Gasteiger partial charge in [0, 0.05) is 12.3 Å². The minimum absolute atomic E-state index is 0.00836. The minimum atomic E-state index is -2.58. The molecule has 2 aromatic carbocycles. The summed E-state index contributed by atoms with van der Waals surface area (Å²) < 4.78 is 0.293. The standard InChI is InChI=1S/C20H16BrNO7/c1-6-8-2-3-10(21)15(24)12(8)16(25)13-9(6)4-7-5-11(23)14(19(22)28)18(27)20(7,29)17(13)26/h2-3,7,24-25,27,29H,4-5H2,1H3,(H2,22,28)/t7-,20+/m1/s1. The Morgan fingerprint density at radius 3 is 2.45 bits per heavy atom. The van der Waals surface area contributed by atoms with Gasteiger partial charge >= 0.3 is 0 Å². The van der Waals surface area contributed by atoms with Gasteiger partial charge in [0.1, 0.15) is 22.8 Å². The molecule has 9 heteroatoms. The molecule has 0 saturated heterocycles. The zero-order chi connectivity index (χ0) is 21.4. The van der Waals surface area contributed by atoms with E-state index >= 15 is 0 Å². The number of amides is 1. The van der Waals surface area contributed by atoms with Gasteiger partial charge in [0.05, 0.1) is 15.4 Å². The summed E-state index contributed by atoms with van der Waals surface area (Å²) in [5.74, 6) is -6.04. The SMILES string of the molecule is Cc1c2c(c(O)c3c(O)c(Br)ccc13)C(=O)[C@]1(O)C(O)=C(C(N)=O)C(=O)C[C@H]1C2. The van der Waals surface area contributed by atoms with E-state index in [1.54, 1.807) is 19.1 Å². The number of primary amides is 1. The van der Waals surface area contributed by atoms with Gasteiger partial charge in [0.15, 0.2) is 11.4 Å². The van der Waals surface area contributed by atoms with Gasteiger partial charge in [-0.2, -0.15) is 0 Å². The van der Waals surface area contributed by atoms with Crippen molar-refractivity contribution in [2.45, 2.75) is 25.4 Å². The number of hydrogen-bond donors (Lipinski definition) is 5. The molecule has 1 amide bonds. The number of aromatic hydroxyl groups is 2. The zero-order valence-electron chi connectivity index (χ0n) is 15.1. The first-order valence-electron chi connectivity index (χ1n) is 8.71. The Bertz CT molecular complexity index is 1200. The summed E-state index contributed by atoms with van der Waals surface area (Å²) in [6, 6.07) is 3.25. The molecule has 0 spiro atoms. The van der Waals surface area contributed by atoms with Crippen molar-refractivity contribution in [3.05, 3.63) is 44.6 Å². The van der Waals surface area contributed by atoms with Crippen molar-refractivity contribution >= 4 is 44.2 Å². The number of fused-ring (bicyclic) bond motifs is 3. The van der Waals surface area contributed by atoms with Gasteiger partial charge < -0.3 is 26.2 Å². The van der Waals surface area contributed by atoms with Gasteiger partial charge in [-0.25, -0.2) is 0 Å². The largest absolute Gasteiger partial charge is 0.508 e. The highest BCUT2D eigenvalue weighted by Crippen LogP contribution is 2.50. The highest BCUT2D eigenvalue weighted by molar-refractivity contribution is 9.10. The van der Waals surface area contributed by atoms with Crippen LogP contribution < -0.4 is 5.73 Å². The first-order valence-corrected chi connectivity index (χ1v) is 9.50. The molecule has 0 aliphatic heterocycles. The van der Waals surface area contributed by atoms with Crippen LogP contribution in [0, 0.1) is 12.8 Å². The van der Waals surface area contributed by atoms with Gasteiger partial charge in [0.2, 0.25) is 5.78 Å². The number of aliphatic hydroxyl groups excluding tert-OH is 1. The third kappa shape index (κ3) is 2.31. The van der Waals surface area contributed by atoms with Crippen molar-refractivity contribution in [3.63, 3.8) is 0 Å². The first-order chi connectivity index (χ1) is 13.5. The summed E-state index contributed by atoms with van der Waals surface area (Å²) in [6.45, 7) is 1.70. The van der Waals surface area contributed by atoms with Crippen LogP contribution >= 0.6 is 15.9 Å². The van der Waals surface area contributed by atoms with E-state index in [2.05, 4.69) is 15.9 Å². The average molecular weight is 462 g/mol. The number of phenols is 2. The minimum Gasteiger partial charge on any atom is -0.508 e. The summed E-state index contributed by atoms with van der Waals surface area (Å²) in [5.41, 5.74) is 2.47. The van der Waals surface area contributed by atoms with Gasteiger partial charge in [0.25, 0.3) is 5.91 Å². The molecule has 0 radical (unpaired) electrons. The lowest BCUT2D eigenvalue weighted by atomic mass is 9.63. The Hall–Kier alpha value is -2.91. The van der Waals surface area contributed by atoms with Crippen LogP contribution in [0.3, 0.4) is 0 Å². The van der Waals surface area contributed by atoms with Crippen LogP contribution in [-0.4, -0.2) is 43.5 Å². The molecule has 0 saturated carbocycles. The van der Waals surface area contributed by atoms with E-state index in [1.807, 2.05) is 0 Å². The Morgan fingerprint density at radius 1 is 1.17 bits per heavy atom. The Labute approximate surface area is 172 Å². The van der Waals surface area contributed by atoms with Gasteiger partial charge in [-0.05, 0) is 51.9 Å². The Kier molecular flexibility index (Phi) is 4.04. The third-order valence-electron chi connectivity index (χ3n) is 5.93. The van der Waals surface area contributed by atoms with Crippen molar-refractivity contribution in [2.75, 3.05) is 0 Å². The molecule has 2 atom stereocenters. The number of aliphatic hydroxyl groups is 2. The normalized spacial score (nSPS) is 23.9. The molecule has 2 aliphatic carbocycles. The fraction of sp³-hybridized carbons (Fsp3) is 0.250. The van der Waals surface area contributed by atoms with E-state index in [1.165, 1.54) is 0 Å². The predicted octanol–water partition coefficient (Wildman–Crippen LogP) is 1.68. The zero-order valence-corrected chi connectivity index (χ0v) is 16.7. The second-order valence-electron chi connectivity index (χ2n) is 7.36. The summed E-state index contributed by atoms with van der Waals surface area (Å²) in [6.07, 6.45) is -0.376. The number of carbonyl (C=O) groups is 3. The van der Waals surface area contributed by atoms with Gasteiger partial charge in [-0.3, -0.25) is 14.4 Å². The number of carbonyl (C=O) groups excluding carboxylic acids is 3. The molecule has 29 heavy (non-hydrogen) atoms. The molecule has 4 rings (SSSR count). The third-order valence-corrected chi connectivity index (χ3v) is 6.57. The number of hydrogen-bond acceptors (Lipinski definition) is 7. The second kappa shape index (κ2) is 6.04. The van der Waals surface area contributed by atoms with E-state index in [4.69, 9.17) is 5.73 Å². The second-order valence-corrected chi connectivity index (χ2v) is 8.21. The number of aryl methyl sites for hydroxylation is 1. The van der Waals surface area contributed by atoms with Gasteiger partial charge in [-0.15, -0.1) is 0 Å². The molecule has 0 heterocycles. The molecular weight excluding hydrogens is 446 g/mol. The quantitative estimate of drug-likeness (QED) is 0.404. The molecule has 150 valence electrons. The fourth-order valence-electron chi connectivity index (χ4n) is 4.43. The lowest BCUT2D eigenvalue weighted by Crippen LogP contribution is -2.56. The highest BCUT2D eigenvalue weighted by Gasteiger charge is 2.58. The van der Waals surface area contributed by atoms with Crippen molar-refractivity contribution < 1.29 is 34.8 Å². The van der Waals surface area contributed by atoms with Crippen LogP contribution in [-0.2, 0) is 16.0 Å². The first kappa shape index (κ1) is 19.4. The van der Waals surface area contributed by atoms with E-state index in [-0.39, 0.29) is 29.5 Å². The molecule has 0 aromatic heterocycles. The summed E-state index contributed by atoms with van der Waals surface area (Å²) >= 11 is 3.16. The van der Waals surface area contributed by atoms with Crippen LogP contribution in [0.5, 0.6) is 11.5 Å². The molecule has 0 unspecified atom stereocenters. The number of rotatable bonds is 1. The van der Waals surface area contributed by atoms with Gasteiger partial charge in [-0.1, -0.05) is 6.07 Å². The van der Waals surface area contributed by atoms with E-state index < -0.39 is 46.1 Å².